The van der Waals surface area contributed by atoms with Crippen LogP contribution in [0.2, 0.25) is 0 Å². The van der Waals surface area contributed by atoms with Crippen molar-refractivity contribution in [2.75, 3.05) is 13.1 Å². The minimum atomic E-state index is -0.0990. The summed E-state index contributed by atoms with van der Waals surface area (Å²) < 4.78 is 5.74. The summed E-state index contributed by atoms with van der Waals surface area (Å²) in [5.41, 5.74) is 1.70. The van der Waals surface area contributed by atoms with Crippen molar-refractivity contribution in [3.63, 3.8) is 0 Å². The Hall–Kier alpha value is -3.08. The van der Waals surface area contributed by atoms with Crippen molar-refractivity contribution in [2.45, 2.75) is 25.5 Å². The molecule has 140 valence electrons. The lowest BCUT2D eigenvalue weighted by Crippen LogP contribution is -2.46. The summed E-state index contributed by atoms with van der Waals surface area (Å²) in [4.78, 5) is 25.8. The molecule has 1 aliphatic heterocycles. The number of hydrogen-bond acceptors (Lipinski definition) is 3. The molecule has 0 radical (unpaired) electrons. The predicted molar refractivity (Wildman–Crippen MR) is 104 cm³/mol. The Morgan fingerprint density at radius 2 is 1.74 bits per heavy atom. The number of ether oxygens (including phenoxy) is 1. The first-order valence-electron chi connectivity index (χ1n) is 9.14. The molecule has 1 saturated heterocycles. The molecule has 0 aliphatic carbocycles. The van der Waals surface area contributed by atoms with Gasteiger partial charge in [-0.05, 0) is 48.7 Å². The van der Waals surface area contributed by atoms with Gasteiger partial charge >= 0.3 is 0 Å². The lowest BCUT2D eigenvalue weighted by Gasteiger charge is -2.31. The fourth-order valence-electron chi connectivity index (χ4n) is 3.09. The molecular formula is C22H24N2O3. The van der Waals surface area contributed by atoms with Gasteiger partial charge in [0.05, 0.1) is 0 Å². The number of likely N-dealkylation sites (tertiary alicyclic amines) is 1. The van der Waals surface area contributed by atoms with Gasteiger partial charge in [-0.3, -0.25) is 9.59 Å². The smallest absolute Gasteiger partial charge is 0.251 e. The van der Waals surface area contributed by atoms with Gasteiger partial charge in [0, 0.05) is 24.7 Å². The molecule has 0 saturated carbocycles. The molecule has 1 fully saturated rings. The van der Waals surface area contributed by atoms with E-state index in [2.05, 4.69) is 11.9 Å². The zero-order chi connectivity index (χ0) is 19.1. The van der Waals surface area contributed by atoms with Crippen LogP contribution < -0.4 is 10.1 Å². The molecule has 1 heterocycles. The van der Waals surface area contributed by atoms with Gasteiger partial charge in [0.2, 0.25) is 5.91 Å². The van der Waals surface area contributed by atoms with Crippen molar-refractivity contribution < 1.29 is 14.3 Å². The Bertz CT molecular complexity index is 779. The first kappa shape index (κ1) is 18.7. The molecule has 3 rings (SSSR count). The van der Waals surface area contributed by atoms with Crippen LogP contribution in [0.4, 0.5) is 0 Å². The summed E-state index contributed by atoms with van der Waals surface area (Å²) in [6.45, 7) is 5.29. The zero-order valence-electron chi connectivity index (χ0n) is 15.3. The van der Waals surface area contributed by atoms with Gasteiger partial charge < -0.3 is 15.0 Å². The highest BCUT2D eigenvalue weighted by Crippen LogP contribution is 2.16. The van der Waals surface area contributed by atoms with Crippen LogP contribution in [0.5, 0.6) is 5.75 Å². The summed E-state index contributed by atoms with van der Waals surface area (Å²) in [5.74, 6) is 0.579. The fraction of sp³-hybridized carbons (Fsp3) is 0.273. The molecule has 27 heavy (non-hydrogen) atoms. The van der Waals surface area contributed by atoms with E-state index >= 15 is 0 Å². The number of nitrogens with one attached hydrogen (secondary N) is 1. The first-order chi connectivity index (χ1) is 13.2. The van der Waals surface area contributed by atoms with Crippen molar-refractivity contribution in [2.24, 2.45) is 0 Å². The number of carbonyl (C=O) groups excluding carboxylic acids is 2. The number of amides is 2. The van der Waals surface area contributed by atoms with Gasteiger partial charge in [-0.2, -0.15) is 0 Å². The third kappa shape index (κ3) is 5.20. The Labute approximate surface area is 159 Å². The van der Waals surface area contributed by atoms with Crippen LogP contribution in [-0.4, -0.2) is 35.8 Å². The normalized spacial score (nSPS) is 14.4. The van der Waals surface area contributed by atoms with Crippen LogP contribution in [0.1, 0.15) is 28.8 Å². The summed E-state index contributed by atoms with van der Waals surface area (Å²) in [7, 11) is 0. The van der Waals surface area contributed by atoms with Gasteiger partial charge in [-0.15, -0.1) is 0 Å². The van der Waals surface area contributed by atoms with Gasteiger partial charge in [0.25, 0.3) is 5.91 Å². The largest absolute Gasteiger partial charge is 0.489 e. The minimum Gasteiger partial charge on any atom is -0.489 e. The Morgan fingerprint density at radius 1 is 1.07 bits per heavy atom. The maximum absolute atomic E-state index is 12.4. The maximum Gasteiger partial charge on any atom is 0.251 e. The van der Waals surface area contributed by atoms with Gasteiger partial charge in [0.1, 0.15) is 12.4 Å². The van der Waals surface area contributed by atoms with E-state index in [9.17, 15) is 9.59 Å². The highest BCUT2D eigenvalue weighted by atomic mass is 16.5. The highest BCUT2D eigenvalue weighted by Gasteiger charge is 2.22. The Morgan fingerprint density at radius 3 is 2.37 bits per heavy atom. The molecule has 1 aliphatic rings. The third-order valence-electron chi connectivity index (χ3n) is 4.68. The second-order valence-corrected chi connectivity index (χ2v) is 6.58. The standard InChI is InChI=1S/C22H24N2O3/c1-2-21(25)24-14-12-19(13-15-24)23-22(26)18-8-10-20(11-9-18)27-16-17-6-4-3-5-7-17/h2-11,19H,1,12-16H2,(H,23,26). The van der Waals surface area contributed by atoms with Crippen LogP contribution in [0.3, 0.4) is 0 Å². The number of carbonyl (C=O) groups is 2. The molecule has 5 nitrogen and oxygen atoms in total. The number of benzene rings is 2. The predicted octanol–water partition coefficient (Wildman–Crippen LogP) is 3.17. The van der Waals surface area contributed by atoms with E-state index in [4.69, 9.17) is 4.74 Å². The third-order valence-corrected chi connectivity index (χ3v) is 4.68. The summed E-state index contributed by atoms with van der Waals surface area (Å²) in [6.07, 6.45) is 2.84. The van der Waals surface area contributed by atoms with Gasteiger partial charge in [-0.1, -0.05) is 36.9 Å². The van der Waals surface area contributed by atoms with E-state index in [0.29, 0.717) is 25.3 Å². The summed E-state index contributed by atoms with van der Waals surface area (Å²) in [5, 5.41) is 3.05. The molecule has 0 aromatic heterocycles. The second-order valence-electron chi connectivity index (χ2n) is 6.58. The van der Waals surface area contributed by atoms with Crippen molar-refractivity contribution in [3.8, 4) is 5.75 Å². The van der Waals surface area contributed by atoms with Crippen LogP contribution in [0.25, 0.3) is 0 Å². The molecule has 2 aromatic rings. The van der Waals surface area contributed by atoms with Crippen molar-refractivity contribution in [1.82, 2.24) is 10.2 Å². The lowest BCUT2D eigenvalue weighted by atomic mass is 10.0. The van der Waals surface area contributed by atoms with Crippen LogP contribution in [0, 0.1) is 0 Å². The molecule has 0 atom stereocenters. The van der Waals surface area contributed by atoms with E-state index < -0.39 is 0 Å². The monoisotopic (exact) mass is 364 g/mol. The maximum atomic E-state index is 12.4. The quantitative estimate of drug-likeness (QED) is 0.801. The molecule has 2 amide bonds. The van der Waals surface area contributed by atoms with E-state index in [1.54, 1.807) is 17.0 Å². The summed E-state index contributed by atoms with van der Waals surface area (Å²) in [6, 6.07) is 17.2. The zero-order valence-corrected chi connectivity index (χ0v) is 15.3. The van der Waals surface area contributed by atoms with E-state index in [1.807, 2.05) is 42.5 Å². The summed E-state index contributed by atoms with van der Waals surface area (Å²) >= 11 is 0. The Kier molecular flexibility index (Phi) is 6.26. The SMILES string of the molecule is C=CC(=O)N1CCC(NC(=O)c2ccc(OCc3ccccc3)cc2)CC1. The molecular weight excluding hydrogens is 340 g/mol. The van der Waals surface area contributed by atoms with E-state index in [-0.39, 0.29) is 17.9 Å². The average molecular weight is 364 g/mol. The molecule has 2 aromatic carbocycles. The Balaban J connectivity index is 1.48. The van der Waals surface area contributed by atoms with Crippen molar-refractivity contribution in [3.05, 3.63) is 78.4 Å². The number of rotatable bonds is 6. The van der Waals surface area contributed by atoms with Crippen molar-refractivity contribution >= 4 is 11.8 Å². The van der Waals surface area contributed by atoms with Crippen LogP contribution >= 0.6 is 0 Å². The topological polar surface area (TPSA) is 58.6 Å². The molecule has 5 heteroatoms. The van der Waals surface area contributed by atoms with Crippen molar-refractivity contribution in [1.29, 1.82) is 0 Å². The first-order valence-corrected chi connectivity index (χ1v) is 9.14. The minimum absolute atomic E-state index is 0.0501. The number of hydrogen-bond donors (Lipinski definition) is 1. The van der Waals surface area contributed by atoms with Crippen LogP contribution in [-0.2, 0) is 11.4 Å². The lowest BCUT2D eigenvalue weighted by molar-refractivity contribution is -0.127. The van der Waals surface area contributed by atoms with Gasteiger partial charge in [0.15, 0.2) is 0 Å². The van der Waals surface area contributed by atoms with E-state index in [0.717, 1.165) is 24.2 Å². The molecule has 0 unspecified atom stereocenters. The van der Waals surface area contributed by atoms with Gasteiger partial charge in [-0.25, -0.2) is 0 Å². The molecule has 0 bridgehead atoms. The number of nitrogens with zero attached hydrogens (tertiary/aromatic N) is 1. The number of piperidine rings is 1. The molecule has 0 spiro atoms. The second kappa shape index (κ2) is 9.03. The van der Waals surface area contributed by atoms with E-state index in [1.165, 1.54) is 6.08 Å². The average Bonchev–Trinajstić information content (AvgIpc) is 2.73. The fourth-order valence-corrected chi connectivity index (χ4v) is 3.09. The highest BCUT2D eigenvalue weighted by molar-refractivity contribution is 5.94. The van der Waals surface area contributed by atoms with Crippen LogP contribution in [0.15, 0.2) is 67.3 Å². The molecule has 1 N–H and O–H groups in total.